The maximum atomic E-state index is 14.4. The summed E-state index contributed by atoms with van der Waals surface area (Å²) in [6, 6.07) is 47.5. The van der Waals surface area contributed by atoms with Crippen molar-refractivity contribution in [2.45, 2.75) is 140 Å². The van der Waals surface area contributed by atoms with Crippen LogP contribution in [0.4, 0.5) is 60.1 Å². The van der Waals surface area contributed by atoms with Crippen molar-refractivity contribution < 1.29 is 146 Å². The summed E-state index contributed by atoms with van der Waals surface area (Å²) >= 11 is 0. The van der Waals surface area contributed by atoms with E-state index < -0.39 is 128 Å². The van der Waals surface area contributed by atoms with Crippen LogP contribution in [0.25, 0.3) is 16.8 Å². The number of aryl methyl sites for hydroxylation is 1. The van der Waals surface area contributed by atoms with Crippen molar-refractivity contribution in [1.82, 2.24) is 19.2 Å². The summed E-state index contributed by atoms with van der Waals surface area (Å²) < 4.78 is 195. The monoisotopic (exact) mass is 1920 g/mol. The van der Waals surface area contributed by atoms with Crippen molar-refractivity contribution >= 4 is 56.4 Å². The first-order valence-corrected chi connectivity index (χ1v) is 45.1. The Morgan fingerprint density at radius 1 is 0.581 bits per heavy atom. The SMILES string of the molecule is C=C.C=C(CCC(=O)O)c1ccc(F)cc1F.C=C(C[C@@H](CO)C(=O)N1C(=O)OC[C@H]1Cc1ccccc1)c1ccc(F)cc1F.CC(=O)[C@@H]1CO[C@@](C)(c2ccc(F)cc2F)C1.CC[C@@H]([C@H](C)O)n1ncn(-c2ccc(N3CCN(c4ccc(OC[C@@H]5CO[C@@](C)(c6ccc(F)cc6F)C5)cc4)CC3)cc2)c1=O.Cc1ccc(S(=O)(=O)OC[C@@H]2CO[C@@](C)(c3ccc(F)cc3F)C2)cc1.[H-].[Na+]. The molecule has 5 aliphatic heterocycles. The number of anilines is 2. The number of nitrogens with zero attached hydrogens (tertiary/aromatic N) is 6. The van der Waals surface area contributed by atoms with Gasteiger partial charge in [-0.3, -0.25) is 18.6 Å². The Labute approximate surface area is 807 Å². The van der Waals surface area contributed by atoms with Gasteiger partial charge in [0, 0.05) is 120 Å². The van der Waals surface area contributed by atoms with E-state index in [1.54, 1.807) is 32.9 Å². The van der Waals surface area contributed by atoms with Crippen LogP contribution in [0.2, 0.25) is 0 Å². The number of halogens is 10. The van der Waals surface area contributed by atoms with Gasteiger partial charge >= 0.3 is 47.3 Å². The molecule has 15 rings (SSSR count). The van der Waals surface area contributed by atoms with Crippen LogP contribution in [0.15, 0.2) is 236 Å². The molecule has 722 valence electrons. The Kier molecular flexibility index (Phi) is 39.1. The summed E-state index contributed by atoms with van der Waals surface area (Å²) in [5, 5.41) is 32.4. The van der Waals surface area contributed by atoms with Gasteiger partial charge in [0.15, 0.2) is 0 Å². The number of ketones is 1. The molecule has 0 saturated carbocycles. The molecular formula is C102H111F10N6NaO16S. The molecule has 0 spiro atoms. The fourth-order valence-corrected chi connectivity index (χ4v) is 17.5. The molecule has 10 atom stereocenters. The van der Waals surface area contributed by atoms with Crippen LogP contribution in [-0.2, 0) is 70.9 Å². The molecule has 2 amide bonds. The van der Waals surface area contributed by atoms with Crippen LogP contribution in [0, 0.1) is 88.8 Å². The third kappa shape index (κ3) is 28.4. The molecule has 9 aromatic carbocycles. The van der Waals surface area contributed by atoms with Crippen molar-refractivity contribution in [3.05, 3.63) is 334 Å². The maximum absolute atomic E-state index is 14.4. The van der Waals surface area contributed by atoms with Gasteiger partial charge in [0.05, 0.1) is 91.1 Å². The molecule has 3 N–H and O–H groups in total. The molecule has 34 heteroatoms. The number of hydrogen-bond donors (Lipinski definition) is 3. The molecule has 0 unspecified atom stereocenters. The van der Waals surface area contributed by atoms with Crippen LogP contribution < -0.4 is 49.8 Å². The molecule has 22 nitrogen and oxygen atoms in total. The van der Waals surface area contributed by atoms with Crippen molar-refractivity contribution in [3.8, 4) is 11.4 Å². The Bertz CT molecular complexity index is 5970. The number of hydrogen-bond acceptors (Lipinski definition) is 18. The minimum atomic E-state index is -3.86. The first-order chi connectivity index (χ1) is 64.2. The topological polar surface area (TPSA) is 268 Å². The van der Waals surface area contributed by atoms with Crippen LogP contribution in [0.5, 0.6) is 5.75 Å². The standard InChI is InChI=1S/C35H41F2N5O4.C22H21F2NO4.C19H20F2O4S.C13H14F2O2.C11H10F2O2.C2H4.Na.H/c1-4-33(24(2)43)42-34(44)41(23-38-42)29-8-6-27(7-9-29)39-15-17-40(18-16-39)28-10-12-30(13-11-28)45-21-25-20-35(3,46-22-25)31-14-5-26(36)19-32(31)37;1-14(19-8-7-17(23)11-20(19)24)9-16(12-26)21(27)25-18(13-29-22(25)28)10-15-5-3-2-4-6-15;1-13-3-6-16(7-4-13)26(22,23)25-12-14-10-19(2,24-11-14)17-8-5-15(20)9-18(17)21;1-8(16)9-6-13(2,17-7-9)11-4-3-10(14)5-12(11)15;1-7(2-5-11(14)15)9-4-3-8(12)6-10(9)13;1-2;;/h5-14,19,23-25,33,43H,4,15-18,20-22H2,1-3H3;2-8,11,16,18,26H,1,9-10,12-13H2;3-9,14H,10-12H2,1-2H3;3-5,9H,6-7H2,1-2H3;3-4,6H,1-2,5H2,(H,14,15);1-2H2;;/q;;;;;;+1;-1/t24-,25+,33-,35+;16-,18+;14-,19+;9-,13+;;;;/m0000..../s1. The zero-order valence-corrected chi connectivity index (χ0v) is 79.7. The number of carbonyl (C=O) groups is 4. The Morgan fingerprint density at radius 2 is 1.03 bits per heavy atom. The fraction of sp³-hybridized carbons (Fsp3) is 0.353. The number of imide groups is 1. The average molecular weight is 1920 g/mol. The summed E-state index contributed by atoms with van der Waals surface area (Å²) in [5.41, 5.74) is 3.73. The fourth-order valence-electron chi connectivity index (χ4n) is 16.6. The predicted octanol–water partition coefficient (Wildman–Crippen LogP) is 16.4. The quantitative estimate of drug-likeness (QED) is 0.0178. The molecule has 5 saturated heterocycles. The largest absolute Gasteiger partial charge is 1.00 e. The van der Waals surface area contributed by atoms with E-state index in [0.717, 1.165) is 107 Å². The number of Topliss-reactive ketones (excluding diaryl/α,β-unsaturated/α-hetero) is 1. The van der Waals surface area contributed by atoms with Gasteiger partial charge in [0.1, 0.15) is 82.6 Å². The number of rotatable bonds is 28. The van der Waals surface area contributed by atoms with Crippen LogP contribution in [0.1, 0.15) is 133 Å². The second kappa shape index (κ2) is 49.1. The normalized spacial score (nSPS) is 20.0. The van der Waals surface area contributed by atoms with Crippen LogP contribution in [0.3, 0.4) is 0 Å². The average Bonchev–Trinajstić information content (AvgIpc) is 1.68. The number of carboxylic acid groups (broad SMARTS) is 1. The number of ether oxygens (including phenoxy) is 5. The van der Waals surface area contributed by atoms with E-state index in [1.165, 1.54) is 83.2 Å². The molecule has 0 bridgehead atoms. The number of aliphatic hydroxyl groups is 2. The predicted molar refractivity (Wildman–Crippen MR) is 491 cm³/mol. The first kappa shape index (κ1) is 108. The summed E-state index contributed by atoms with van der Waals surface area (Å²) in [5.74, 6) is -8.78. The van der Waals surface area contributed by atoms with Crippen molar-refractivity contribution in [2.24, 2.45) is 23.7 Å². The summed E-state index contributed by atoms with van der Waals surface area (Å²) in [6.45, 7) is 29.9. The van der Waals surface area contributed by atoms with E-state index in [9.17, 15) is 86.5 Å². The maximum Gasteiger partial charge on any atom is 1.00 e. The Hall–Kier alpha value is -11.4. The molecule has 1 aromatic heterocycles. The molecule has 5 aliphatic rings. The number of allylic oxidation sites excluding steroid dienone is 2. The van der Waals surface area contributed by atoms with Gasteiger partial charge in [-0.25, -0.2) is 67.6 Å². The number of carboxylic acids is 1. The zero-order chi connectivity index (χ0) is 98.4. The zero-order valence-electron chi connectivity index (χ0n) is 77.9. The van der Waals surface area contributed by atoms with E-state index in [0.29, 0.717) is 68.6 Å². The number of aliphatic hydroxyl groups excluding tert-OH is 2. The van der Waals surface area contributed by atoms with Crippen molar-refractivity contribution in [3.63, 3.8) is 0 Å². The molecule has 10 aromatic rings. The summed E-state index contributed by atoms with van der Waals surface area (Å²) in [7, 11) is -3.86. The number of cyclic esters (lactones) is 1. The van der Waals surface area contributed by atoms with Crippen LogP contribution >= 0.6 is 0 Å². The molecule has 5 fully saturated rings. The first-order valence-electron chi connectivity index (χ1n) is 43.7. The van der Waals surface area contributed by atoms with E-state index >= 15 is 0 Å². The van der Waals surface area contributed by atoms with Gasteiger partial charge in [0.2, 0.25) is 5.91 Å². The second-order valence-corrected chi connectivity index (χ2v) is 35.6. The molecule has 136 heavy (non-hydrogen) atoms. The summed E-state index contributed by atoms with van der Waals surface area (Å²) in [4.78, 5) is 65.4. The van der Waals surface area contributed by atoms with Crippen molar-refractivity contribution in [1.29, 1.82) is 0 Å². The van der Waals surface area contributed by atoms with Crippen molar-refractivity contribution in [2.75, 3.05) is 82.2 Å². The number of aliphatic carboxylic acids is 1. The minimum Gasteiger partial charge on any atom is -1.00 e. The minimum absolute atomic E-state index is 0. The van der Waals surface area contributed by atoms with Gasteiger partial charge in [0.25, 0.3) is 10.1 Å². The van der Waals surface area contributed by atoms with E-state index in [1.807, 2.05) is 87.5 Å². The van der Waals surface area contributed by atoms with Gasteiger partial charge in [-0.1, -0.05) is 86.3 Å². The van der Waals surface area contributed by atoms with E-state index in [2.05, 4.69) is 53.3 Å². The number of benzene rings is 9. The molecule has 0 radical (unpaired) electrons. The number of piperazine rings is 1. The number of carbonyl (C=O) groups excluding carboxylic acids is 3. The molecule has 6 heterocycles. The molecular weight excluding hydrogens is 1810 g/mol. The van der Waals surface area contributed by atoms with Gasteiger partial charge in [-0.05, 0) is 206 Å². The van der Waals surface area contributed by atoms with E-state index in [4.69, 9.17) is 33.0 Å². The molecule has 0 aliphatic carbocycles. The van der Waals surface area contributed by atoms with Gasteiger partial charge < -0.3 is 50.2 Å². The summed E-state index contributed by atoms with van der Waals surface area (Å²) in [6.07, 6.45) is 2.45. The smallest absolute Gasteiger partial charge is 1.00 e. The third-order valence-electron chi connectivity index (χ3n) is 24.0. The second-order valence-electron chi connectivity index (χ2n) is 34.0. The van der Waals surface area contributed by atoms with Gasteiger partial charge in [-0.2, -0.15) is 13.5 Å². The van der Waals surface area contributed by atoms with Gasteiger partial charge in [-0.15, -0.1) is 13.2 Å². The third-order valence-corrected chi connectivity index (χ3v) is 25.3. The van der Waals surface area contributed by atoms with E-state index in [-0.39, 0.29) is 132 Å². The Morgan fingerprint density at radius 3 is 1.48 bits per heavy atom. The number of amides is 2. The van der Waals surface area contributed by atoms with Crippen LogP contribution in [-0.4, -0.2) is 151 Å². The number of aromatic nitrogens is 3. The Balaban J connectivity index is 0.000000221.